The van der Waals surface area contributed by atoms with E-state index in [1.807, 2.05) is 24.3 Å². The summed E-state index contributed by atoms with van der Waals surface area (Å²) in [6, 6.07) is 7.40. The fraction of sp³-hybridized carbons (Fsp3) is 0.571. The summed E-state index contributed by atoms with van der Waals surface area (Å²) in [6.07, 6.45) is -3.35. The van der Waals surface area contributed by atoms with Crippen molar-refractivity contribution < 1.29 is 18.3 Å². The first-order valence-electron chi connectivity index (χ1n) is 6.56. The van der Waals surface area contributed by atoms with Gasteiger partial charge in [0.15, 0.2) is 0 Å². The highest BCUT2D eigenvalue weighted by molar-refractivity contribution is 9.10. The minimum Gasteiger partial charge on any atom is -0.394 e. The highest BCUT2D eigenvalue weighted by Gasteiger charge is 2.45. The molecule has 0 aliphatic heterocycles. The molecule has 2 rings (SSSR count). The molecule has 1 fully saturated rings. The molecule has 0 amide bonds. The Kier molecular flexibility index (Phi) is 4.64. The first-order chi connectivity index (χ1) is 9.35. The topological polar surface area (TPSA) is 32.3 Å². The summed E-state index contributed by atoms with van der Waals surface area (Å²) in [5.41, 5.74) is 0.169. The van der Waals surface area contributed by atoms with E-state index in [9.17, 15) is 18.3 Å². The Morgan fingerprint density at radius 2 is 1.75 bits per heavy atom. The average molecular weight is 352 g/mol. The van der Waals surface area contributed by atoms with Crippen molar-refractivity contribution in [2.24, 2.45) is 5.92 Å². The van der Waals surface area contributed by atoms with Crippen molar-refractivity contribution in [2.75, 3.05) is 11.9 Å². The normalized spacial score (nSPS) is 27.4. The predicted molar refractivity (Wildman–Crippen MR) is 75.6 cm³/mol. The maximum atomic E-state index is 12.7. The van der Waals surface area contributed by atoms with Crippen LogP contribution in [0.2, 0.25) is 0 Å². The quantitative estimate of drug-likeness (QED) is 0.848. The van der Waals surface area contributed by atoms with E-state index in [1.54, 1.807) is 0 Å². The van der Waals surface area contributed by atoms with Crippen molar-refractivity contribution >= 4 is 21.6 Å². The molecule has 20 heavy (non-hydrogen) atoms. The van der Waals surface area contributed by atoms with Gasteiger partial charge in [-0.15, -0.1) is 0 Å². The molecular weight excluding hydrogens is 335 g/mol. The average Bonchev–Trinajstić information content (AvgIpc) is 2.41. The van der Waals surface area contributed by atoms with Crippen LogP contribution < -0.4 is 5.32 Å². The summed E-state index contributed by atoms with van der Waals surface area (Å²) < 4.78 is 39.0. The number of aliphatic hydroxyl groups excluding tert-OH is 1. The second-order valence-corrected chi connectivity index (χ2v) is 6.30. The summed E-state index contributed by atoms with van der Waals surface area (Å²) in [5, 5.41) is 12.8. The standard InChI is InChI=1S/C14H17BrF3NO/c15-11-1-3-12(4-2-11)19-13(9-20)7-5-10(6-8-13)14(16,17)18/h1-4,10,19-20H,5-9H2. The Labute approximate surface area is 124 Å². The number of benzene rings is 1. The molecule has 0 atom stereocenters. The van der Waals surface area contributed by atoms with Crippen molar-refractivity contribution in [1.29, 1.82) is 0 Å². The minimum atomic E-state index is -4.13. The van der Waals surface area contributed by atoms with E-state index in [0.717, 1.165) is 10.2 Å². The zero-order valence-electron chi connectivity index (χ0n) is 10.9. The highest BCUT2D eigenvalue weighted by atomic mass is 79.9. The Hall–Kier alpha value is -0.750. The number of anilines is 1. The van der Waals surface area contributed by atoms with Crippen molar-refractivity contribution in [2.45, 2.75) is 37.4 Å². The van der Waals surface area contributed by atoms with Gasteiger partial charge in [-0.3, -0.25) is 0 Å². The first kappa shape index (κ1) is 15.6. The zero-order valence-corrected chi connectivity index (χ0v) is 12.5. The van der Waals surface area contributed by atoms with Gasteiger partial charge in [0.1, 0.15) is 0 Å². The van der Waals surface area contributed by atoms with Gasteiger partial charge in [-0.05, 0) is 49.9 Å². The van der Waals surface area contributed by atoms with Crippen molar-refractivity contribution in [3.8, 4) is 0 Å². The second kappa shape index (κ2) is 5.93. The SMILES string of the molecule is OCC1(Nc2ccc(Br)cc2)CCC(C(F)(F)F)CC1. The van der Waals surface area contributed by atoms with Crippen LogP contribution in [0.1, 0.15) is 25.7 Å². The Morgan fingerprint density at radius 1 is 1.20 bits per heavy atom. The van der Waals surface area contributed by atoms with Gasteiger partial charge in [0, 0.05) is 10.2 Å². The third-order valence-electron chi connectivity index (χ3n) is 3.96. The molecular formula is C14H17BrF3NO. The Morgan fingerprint density at radius 3 is 2.20 bits per heavy atom. The maximum Gasteiger partial charge on any atom is 0.391 e. The third-order valence-corrected chi connectivity index (χ3v) is 4.49. The van der Waals surface area contributed by atoms with Crippen LogP contribution in [0.4, 0.5) is 18.9 Å². The van der Waals surface area contributed by atoms with Crippen molar-refractivity contribution in [3.05, 3.63) is 28.7 Å². The van der Waals surface area contributed by atoms with Crippen LogP contribution in [0.25, 0.3) is 0 Å². The van der Waals surface area contributed by atoms with E-state index < -0.39 is 17.6 Å². The van der Waals surface area contributed by atoms with Crippen LogP contribution in [-0.4, -0.2) is 23.4 Å². The van der Waals surface area contributed by atoms with Gasteiger partial charge >= 0.3 is 6.18 Å². The number of nitrogens with one attached hydrogen (secondary N) is 1. The molecule has 0 unspecified atom stereocenters. The fourth-order valence-corrected chi connectivity index (χ4v) is 2.92. The number of halogens is 4. The highest BCUT2D eigenvalue weighted by Crippen LogP contribution is 2.42. The molecule has 2 N–H and O–H groups in total. The third kappa shape index (κ3) is 3.67. The van der Waals surface area contributed by atoms with Gasteiger partial charge in [0.2, 0.25) is 0 Å². The number of rotatable bonds is 3. The van der Waals surface area contributed by atoms with Crippen LogP contribution in [0.15, 0.2) is 28.7 Å². The molecule has 0 spiro atoms. The van der Waals surface area contributed by atoms with E-state index in [-0.39, 0.29) is 19.4 Å². The van der Waals surface area contributed by atoms with E-state index in [1.165, 1.54) is 0 Å². The zero-order chi connectivity index (χ0) is 14.8. The number of hydrogen-bond acceptors (Lipinski definition) is 2. The molecule has 1 saturated carbocycles. The van der Waals surface area contributed by atoms with Gasteiger partial charge < -0.3 is 10.4 Å². The minimum absolute atomic E-state index is 0.0631. The van der Waals surface area contributed by atoms with Crippen LogP contribution in [0, 0.1) is 5.92 Å². The molecule has 6 heteroatoms. The molecule has 0 radical (unpaired) electrons. The Bertz CT molecular complexity index is 439. The lowest BCUT2D eigenvalue weighted by Gasteiger charge is -2.40. The van der Waals surface area contributed by atoms with E-state index in [4.69, 9.17) is 0 Å². The van der Waals surface area contributed by atoms with Crippen LogP contribution >= 0.6 is 15.9 Å². The summed E-state index contributed by atoms with van der Waals surface area (Å²) >= 11 is 3.33. The van der Waals surface area contributed by atoms with Gasteiger partial charge in [0.25, 0.3) is 0 Å². The van der Waals surface area contributed by atoms with Crippen LogP contribution in [0.3, 0.4) is 0 Å². The van der Waals surface area contributed by atoms with E-state index >= 15 is 0 Å². The van der Waals surface area contributed by atoms with Gasteiger partial charge in [-0.1, -0.05) is 15.9 Å². The molecule has 0 bridgehead atoms. The molecule has 0 heterocycles. The maximum absolute atomic E-state index is 12.7. The first-order valence-corrected chi connectivity index (χ1v) is 7.35. The molecule has 1 aliphatic rings. The second-order valence-electron chi connectivity index (χ2n) is 5.39. The molecule has 1 aromatic rings. The van der Waals surface area contributed by atoms with Gasteiger partial charge in [0.05, 0.1) is 18.1 Å². The summed E-state index contributed by atoms with van der Waals surface area (Å²) in [5.74, 6) is -1.24. The lowest BCUT2D eigenvalue weighted by molar-refractivity contribution is -0.184. The smallest absolute Gasteiger partial charge is 0.391 e. The molecule has 1 aliphatic carbocycles. The van der Waals surface area contributed by atoms with Gasteiger partial charge in [-0.2, -0.15) is 13.2 Å². The monoisotopic (exact) mass is 351 g/mol. The lowest BCUT2D eigenvalue weighted by atomic mass is 9.76. The number of aliphatic hydroxyl groups is 1. The van der Waals surface area contributed by atoms with E-state index in [0.29, 0.717) is 12.8 Å². The molecule has 1 aromatic carbocycles. The van der Waals surface area contributed by atoms with Crippen molar-refractivity contribution in [3.63, 3.8) is 0 Å². The van der Waals surface area contributed by atoms with E-state index in [2.05, 4.69) is 21.2 Å². The van der Waals surface area contributed by atoms with Crippen LogP contribution in [-0.2, 0) is 0 Å². The molecule has 112 valence electrons. The fourth-order valence-electron chi connectivity index (χ4n) is 2.66. The van der Waals surface area contributed by atoms with Gasteiger partial charge in [-0.25, -0.2) is 0 Å². The summed E-state index contributed by atoms with van der Waals surface area (Å²) in [7, 11) is 0. The molecule has 0 aromatic heterocycles. The van der Waals surface area contributed by atoms with Crippen molar-refractivity contribution in [1.82, 2.24) is 0 Å². The Balaban J connectivity index is 2.03. The molecule has 0 saturated heterocycles. The summed E-state index contributed by atoms with van der Waals surface area (Å²) in [4.78, 5) is 0. The lowest BCUT2D eigenvalue weighted by Crippen LogP contribution is -2.47. The molecule has 2 nitrogen and oxygen atoms in total. The predicted octanol–water partition coefficient (Wildman–Crippen LogP) is 4.34. The number of hydrogen-bond donors (Lipinski definition) is 2. The van der Waals surface area contributed by atoms with Crippen LogP contribution in [0.5, 0.6) is 0 Å². The largest absolute Gasteiger partial charge is 0.394 e. The summed E-state index contributed by atoms with van der Waals surface area (Å²) in [6.45, 7) is -0.159. The number of alkyl halides is 3.